The van der Waals surface area contributed by atoms with Crippen LogP contribution in [0.15, 0.2) is 0 Å². The van der Waals surface area contributed by atoms with Gasteiger partial charge in [-0.25, -0.2) is 0 Å². The molecule has 0 aromatic heterocycles. The van der Waals surface area contributed by atoms with Gasteiger partial charge in [0.15, 0.2) is 0 Å². The first kappa shape index (κ1) is 11.3. The SMILES string of the molecule is CN1CCC(CN)(N2CCCOCC2)C1. The van der Waals surface area contributed by atoms with Gasteiger partial charge in [-0.2, -0.15) is 0 Å². The van der Waals surface area contributed by atoms with Gasteiger partial charge < -0.3 is 15.4 Å². The molecule has 0 radical (unpaired) electrons. The molecular weight excluding hydrogens is 190 g/mol. The molecule has 4 heteroatoms. The molecule has 0 bridgehead atoms. The number of nitrogens with zero attached hydrogens (tertiary/aromatic N) is 2. The number of ether oxygens (including phenoxy) is 1. The van der Waals surface area contributed by atoms with E-state index in [0.29, 0.717) is 0 Å². The van der Waals surface area contributed by atoms with Crippen LogP contribution in [0.5, 0.6) is 0 Å². The molecule has 2 fully saturated rings. The number of likely N-dealkylation sites (tertiary alicyclic amines) is 1. The van der Waals surface area contributed by atoms with Crippen LogP contribution in [0.4, 0.5) is 0 Å². The standard InChI is InChI=1S/C11H23N3O/c1-13-5-3-11(9-12,10-13)14-4-2-7-15-8-6-14/h2-10,12H2,1H3. The predicted octanol–water partition coefficient (Wildman–Crippen LogP) is -0.258. The average Bonchev–Trinajstić information content (AvgIpc) is 2.49. The molecule has 2 heterocycles. The quantitative estimate of drug-likeness (QED) is 0.686. The Balaban J connectivity index is 2.03. The highest BCUT2D eigenvalue weighted by Crippen LogP contribution is 2.27. The highest BCUT2D eigenvalue weighted by molar-refractivity contribution is 4.99. The van der Waals surface area contributed by atoms with E-state index in [1.165, 1.54) is 13.0 Å². The summed E-state index contributed by atoms with van der Waals surface area (Å²) in [5, 5.41) is 0. The number of hydrogen-bond donors (Lipinski definition) is 1. The second-order valence-corrected chi connectivity index (χ2v) is 4.87. The maximum atomic E-state index is 6.00. The van der Waals surface area contributed by atoms with Crippen LogP contribution < -0.4 is 5.73 Å². The summed E-state index contributed by atoms with van der Waals surface area (Å²) in [4.78, 5) is 4.95. The fourth-order valence-electron chi connectivity index (χ4n) is 2.83. The minimum atomic E-state index is 0.225. The molecule has 2 saturated heterocycles. The lowest BCUT2D eigenvalue weighted by Crippen LogP contribution is -2.56. The summed E-state index contributed by atoms with van der Waals surface area (Å²) >= 11 is 0. The van der Waals surface area contributed by atoms with E-state index >= 15 is 0 Å². The van der Waals surface area contributed by atoms with Crippen LogP contribution in [0.3, 0.4) is 0 Å². The zero-order valence-electron chi connectivity index (χ0n) is 9.74. The second kappa shape index (κ2) is 4.78. The van der Waals surface area contributed by atoms with Gasteiger partial charge in [-0.1, -0.05) is 0 Å². The summed E-state index contributed by atoms with van der Waals surface area (Å²) < 4.78 is 5.50. The van der Waals surface area contributed by atoms with E-state index in [1.807, 2.05) is 0 Å². The van der Waals surface area contributed by atoms with Gasteiger partial charge in [0.25, 0.3) is 0 Å². The van der Waals surface area contributed by atoms with Gasteiger partial charge in [0.05, 0.1) is 6.61 Å². The topological polar surface area (TPSA) is 41.7 Å². The Morgan fingerprint density at radius 2 is 2.13 bits per heavy atom. The van der Waals surface area contributed by atoms with E-state index in [1.54, 1.807) is 0 Å². The first-order valence-electron chi connectivity index (χ1n) is 5.98. The minimum Gasteiger partial charge on any atom is -0.380 e. The van der Waals surface area contributed by atoms with Crippen molar-refractivity contribution in [1.82, 2.24) is 9.80 Å². The largest absolute Gasteiger partial charge is 0.380 e. The van der Waals surface area contributed by atoms with Crippen LogP contribution in [-0.4, -0.2) is 68.3 Å². The number of hydrogen-bond acceptors (Lipinski definition) is 4. The molecule has 15 heavy (non-hydrogen) atoms. The minimum absolute atomic E-state index is 0.225. The van der Waals surface area contributed by atoms with E-state index < -0.39 is 0 Å². The van der Waals surface area contributed by atoms with E-state index in [2.05, 4.69) is 16.8 Å². The molecule has 4 nitrogen and oxygen atoms in total. The maximum Gasteiger partial charge on any atom is 0.0593 e. The van der Waals surface area contributed by atoms with Gasteiger partial charge >= 0.3 is 0 Å². The summed E-state index contributed by atoms with van der Waals surface area (Å²) in [5.74, 6) is 0. The van der Waals surface area contributed by atoms with Crippen molar-refractivity contribution in [1.29, 1.82) is 0 Å². The van der Waals surface area contributed by atoms with Crippen LogP contribution in [-0.2, 0) is 4.74 Å². The summed E-state index contributed by atoms with van der Waals surface area (Å²) in [6.45, 7) is 7.03. The molecule has 2 aliphatic heterocycles. The predicted molar refractivity (Wildman–Crippen MR) is 60.9 cm³/mol. The van der Waals surface area contributed by atoms with Gasteiger partial charge in [0.2, 0.25) is 0 Å². The summed E-state index contributed by atoms with van der Waals surface area (Å²) in [6.07, 6.45) is 2.35. The zero-order valence-corrected chi connectivity index (χ0v) is 9.74. The third-order valence-corrected chi connectivity index (χ3v) is 3.80. The van der Waals surface area contributed by atoms with Crippen molar-refractivity contribution in [2.24, 2.45) is 5.73 Å². The molecule has 2 N–H and O–H groups in total. The third kappa shape index (κ3) is 2.33. The van der Waals surface area contributed by atoms with Crippen molar-refractivity contribution < 1.29 is 4.74 Å². The van der Waals surface area contributed by atoms with E-state index in [0.717, 1.165) is 45.8 Å². The highest BCUT2D eigenvalue weighted by atomic mass is 16.5. The molecule has 2 aliphatic rings. The van der Waals surface area contributed by atoms with Gasteiger partial charge in [-0.15, -0.1) is 0 Å². The Kier molecular flexibility index (Phi) is 3.61. The van der Waals surface area contributed by atoms with Crippen molar-refractivity contribution in [3.8, 4) is 0 Å². The third-order valence-electron chi connectivity index (χ3n) is 3.80. The lowest BCUT2D eigenvalue weighted by molar-refractivity contribution is 0.0883. The zero-order chi connectivity index (χ0) is 10.7. The van der Waals surface area contributed by atoms with E-state index in [-0.39, 0.29) is 5.54 Å². The van der Waals surface area contributed by atoms with E-state index in [9.17, 15) is 0 Å². The van der Waals surface area contributed by atoms with Crippen molar-refractivity contribution in [2.75, 3.05) is 53.0 Å². The van der Waals surface area contributed by atoms with Crippen LogP contribution in [0.25, 0.3) is 0 Å². The average molecular weight is 213 g/mol. The monoisotopic (exact) mass is 213 g/mol. The van der Waals surface area contributed by atoms with Gasteiger partial charge in [-0.3, -0.25) is 4.90 Å². The van der Waals surface area contributed by atoms with Crippen LogP contribution in [0.2, 0.25) is 0 Å². The fraction of sp³-hybridized carbons (Fsp3) is 1.00. The molecule has 0 saturated carbocycles. The summed E-state index contributed by atoms with van der Waals surface area (Å²) in [6, 6.07) is 0. The Morgan fingerprint density at radius 1 is 1.27 bits per heavy atom. The Morgan fingerprint density at radius 3 is 2.80 bits per heavy atom. The lowest BCUT2D eigenvalue weighted by Gasteiger charge is -2.39. The number of nitrogens with two attached hydrogens (primary N) is 1. The molecule has 0 aliphatic carbocycles. The van der Waals surface area contributed by atoms with Gasteiger partial charge in [0.1, 0.15) is 0 Å². The van der Waals surface area contributed by atoms with Gasteiger partial charge in [-0.05, 0) is 26.4 Å². The molecule has 1 atom stereocenters. The molecule has 2 rings (SSSR count). The van der Waals surface area contributed by atoms with Crippen molar-refractivity contribution >= 4 is 0 Å². The Bertz CT molecular complexity index is 204. The molecule has 0 amide bonds. The first-order chi connectivity index (χ1) is 7.27. The molecule has 0 aromatic rings. The maximum absolute atomic E-state index is 6.00. The Labute approximate surface area is 92.4 Å². The Hall–Kier alpha value is -0.160. The number of rotatable bonds is 2. The molecule has 1 unspecified atom stereocenters. The van der Waals surface area contributed by atoms with Crippen LogP contribution >= 0.6 is 0 Å². The lowest BCUT2D eigenvalue weighted by atomic mass is 9.96. The van der Waals surface area contributed by atoms with Crippen LogP contribution in [0, 0.1) is 0 Å². The second-order valence-electron chi connectivity index (χ2n) is 4.87. The first-order valence-corrected chi connectivity index (χ1v) is 5.98. The molecular formula is C11H23N3O. The smallest absolute Gasteiger partial charge is 0.0593 e. The van der Waals surface area contributed by atoms with E-state index in [4.69, 9.17) is 10.5 Å². The fourth-order valence-corrected chi connectivity index (χ4v) is 2.83. The van der Waals surface area contributed by atoms with Crippen molar-refractivity contribution in [3.05, 3.63) is 0 Å². The van der Waals surface area contributed by atoms with Crippen molar-refractivity contribution in [2.45, 2.75) is 18.4 Å². The normalized spacial score (nSPS) is 35.6. The van der Waals surface area contributed by atoms with Gasteiger partial charge in [0, 0.05) is 38.3 Å². The summed E-state index contributed by atoms with van der Waals surface area (Å²) in [7, 11) is 2.19. The van der Waals surface area contributed by atoms with Crippen molar-refractivity contribution in [3.63, 3.8) is 0 Å². The molecule has 0 spiro atoms. The highest BCUT2D eigenvalue weighted by Gasteiger charge is 2.40. The molecule has 88 valence electrons. The molecule has 0 aromatic carbocycles. The summed E-state index contributed by atoms with van der Waals surface area (Å²) in [5.41, 5.74) is 6.23. The van der Waals surface area contributed by atoms with Crippen LogP contribution in [0.1, 0.15) is 12.8 Å². The number of likely N-dealkylation sites (N-methyl/N-ethyl adjacent to an activating group) is 1.